The maximum absolute atomic E-state index is 12.0. The molecule has 0 saturated carbocycles. The van der Waals surface area contributed by atoms with Crippen LogP contribution in [0.25, 0.3) is 17.2 Å². The van der Waals surface area contributed by atoms with E-state index in [0.717, 1.165) is 17.4 Å². The summed E-state index contributed by atoms with van der Waals surface area (Å²) in [6.07, 6.45) is 1.48. The lowest BCUT2D eigenvalue weighted by atomic mass is 10.0. The zero-order valence-corrected chi connectivity index (χ0v) is 18.2. The molecular formula is C21H22ClN2O6S+. The number of nitrogens with one attached hydrogen (secondary N) is 2. The highest BCUT2D eigenvalue weighted by Gasteiger charge is 2.21. The van der Waals surface area contributed by atoms with Crippen LogP contribution < -0.4 is 10.0 Å². The summed E-state index contributed by atoms with van der Waals surface area (Å²) in [5.74, 6) is -2.48. The van der Waals surface area contributed by atoms with Gasteiger partial charge in [-0.2, -0.15) is 4.55 Å². The predicted molar refractivity (Wildman–Crippen MR) is 119 cm³/mol. The van der Waals surface area contributed by atoms with Gasteiger partial charge in [-0.05, 0) is 39.1 Å². The molecule has 0 bridgehead atoms. The molecule has 4 N–H and O–H groups in total. The number of hydrogen-bond donors (Lipinski definition) is 4. The van der Waals surface area contributed by atoms with Crippen molar-refractivity contribution in [2.75, 3.05) is 6.26 Å². The van der Waals surface area contributed by atoms with Gasteiger partial charge in [-0.15, -0.1) is 4.72 Å². The van der Waals surface area contributed by atoms with Crippen LogP contribution >= 0.6 is 11.6 Å². The monoisotopic (exact) mass is 465 g/mol. The first-order chi connectivity index (χ1) is 14.5. The largest absolute Gasteiger partial charge is 0.481 e. The van der Waals surface area contributed by atoms with E-state index in [1.54, 1.807) is 18.2 Å². The zero-order chi connectivity index (χ0) is 23.0. The van der Waals surface area contributed by atoms with E-state index in [1.165, 1.54) is 6.08 Å². The number of amides is 2. The van der Waals surface area contributed by atoms with Gasteiger partial charge in [0.1, 0.15) is 0 Å². The Balaban J connectivity index is 2.22. The molecule has 10 heteroatoms. The fourth-order valence-corrected chi connectivity index (χ4v) is 3.34. The minimum absolute atomic E-state index is 0.159. The summed E-state index contributed by atoms with van der Waals surface area (Å²) in [6.45, 7) is 0. The van der Waals surface area contributed by atoms with E-state index in [0.29, 0.717) is 10.6 Å². The molecule has 0 fully saturated rings. The molecule has 164 valence electrons. The van der Waals surface area contributed by atoms with Crippen LogP contribution in [0.3, 0.4) is 0 Å². The number of carbonyl (C=O) groups is 3. The van der Waals surface area contributed by atoms with Crippen LogP contribution in [0.2, 0.25) is 5.02 Å². The van der Waals surface area contributed by atoms with Gasteiger partial charge >= 0.3 is 16.4 Å². The van der Waals surface area contributed by atoms with Crippen molar-refractivity contribution in [1.82, 2.24) is 10.0 Å². The van der Waals surface area contributed by atoms with Crippen molar-refractivity contribution < 1.29 is 28.3 Å². The summed E-state index contributed by atoms with van der Waals surface area (Å²) < 4.78 is 22.6. The molecule has 0 radical (unpaired) electrons. The predicted octanol–water partition coefficient (Wildman–Crippen LogP) is 3.35. The van der Waals surface area contributed by atoms with E-state index in [1.807, 2.05) is 35.1 Å². The van der Waals surface area contributed by atoms with E-state index >= 15 is 0 Å². The SMILES string of the molecule is C[S+](=O)(O)NC(=O)C/C(=C/c1ccc(-c2cccc(Cl)c2)cc1)NC(=O)CCC(=O)O. The first-order valence-corrected chi connectivity index (χ1v) is 11.4. The normalized spacial score (nSPS) is 13.2. The van der Waals surface area contributed by atoms with Gasteiger partial charge in [0, 0.05) is 17.1 Å². The Morgan fingerprint density at radius 1 is 1.03 bits per heavy atom. The lowest BCUT2D eigenvalue weighted by Crippen LogP contribution is -2.36. The molecule has 1 atom stereocenters. The number of halogens is 1. The topological polar surface area (TPSA) is 133 Å². The summed E-state index contributed by atoms with van der Waals surface area (Å²) in [6, 6.07) is 14.6. The highest BCUT2D eigenvalue weighted by Crippen LogP contribution is 2.23. The number of carboxylic acids is 1. The molecule has 2 rings (SSSR count). The van der Waals surface area contributed by atoms with E-state index in [4.69, 9.17) is 16.7 Å². The Morgan fingerprint density at radius 3 is 2.29 bits per heavy atom. The molecule has 2 aromatic rings. The molecule has 0 aliphatic carbocycles. The molecule has 0 aliphatic rings. The Bertz CT molecular complexity index is 1050. The highest BCUT2D eigenvalue weighted by atomic mass is 35.5. The van der Waals surface area contributed by atoms with Gasteiger partial charge in [0.2, 0.25) is 5.91 Å². The van der Waals surface area contributed by atoms with Crippen LogP contribution in [0.5, 0.6) is 0 Å². The van der Waals surface area contributed by atoms with Crippen LogP contribution in [0.1, 0.15) is 24.8 Å². The Hall–Kier alpha value is -3.01. The number of rotatable bonds is 9. The first-order valence-electron chi connectivity index (χ1n) is 9.12. The van der Waals surface area contributed by atoms with Gasteiger partial charge in [-0.1, -0.05) is 48.0 Å². The summed E-state index contributed by atoms with van der Waals surface area (Å²) in [5, 5.41) is 11.8. The number of carboxylic acid groups (broad SMARTS) is 1. The summed E-state index contributed by atoms with van der Waals surface area (Å²) in [4.78, 5) is 34.7. The smallest absolute Gasteiger partial charge is 0.310 e. The molecule has 2 aromatic carbocycles. The minimum Gasteiger partial charge on any atom is -0.481 e. The molecule has 0 aliphatic heterocycles. The average molecular weight is 466 g/mol. The summed E-state index contributed by atoms with van der Waals surface area (Å²) in [7, 11) is -3.51. The molecule has 31 heavy (non-hydrogen) atoms. The van der Waals surface area contributed by atoms with Crippen molar-refractivity contribution in [3.05, 3.63) is 64.8 Å². The molecule has 0 saturated heterocycles. The third kappa shape index (κ3) is 9.12. The molecule has 2 amide bonds. The number of benzene rings is 2. The van der Waals surface area contributed by atoms with Crippen LogP contribution in [0, 0.1) is 0 Å². The van der Waals surface area contributed by atoms with Gasteiger partial charge in [0.25, 0.3) is 5.91 Å². The molecular weight excluding hydrogens is 444 g/mol. The molecule has 1 unspecified atom stereocenters. The maximum atomic E-state index is 12.0. The van der Waals surface area contributed by atoms with Gasteiger partial charge in [-0.3, -0.25) is 14.4 Å². The number of carbonyl (C=O) groups excluding carboxylic acids is 2. The van der Waals surface area contributed by atoms with Crippen LogP contribution in [0.4, 0.5) is 0 Å². The van der Waals surface area contributed by atoms with Crippen LogP contribution in [0.15, 0.2) is 54.2 Å². The van der Waals surface area contributed by atoms with Crippen LogP contribution in [-0.4, -0.2) is 33.7 Å². The standard InChI is InChI=1S/C21H21ClN2O6S/c1-31(29,30)24-20(26)13-18(23-19(25)9-10-21(27)28)11-14-5-7-15(8-6-14)16-3-2-4-17(22)12-16/h2-8,11-12H,9-10,13H2,1H3,(H3-,23,24,25,26,27,28,29,30)/p+1/b18-11-. The van der Waals surface area contributed by atoms with Crippen molar-refractivity contribution in [1.29, 1.82) is 0 Å². The second-order valence-electron chi connectivity index (χ2n) is 6.75. The maximum Gasteiger partial charge on any atom is 0.310 e. The van der Waals surface area contributed by atoms with E-state index in [9.17, 15) is 23.1 Å². The summed E-state index contributed by atoms with van der Waals surface area (Å²) in [5.41, 5.74) is 2.65. The van der Waals surface area contributed by atoms with Crippen molar-refractivity contribution in [2.24, 2.45) is 0 Å². The van der Waals surface area contributed by atoms with Crippen molar-refractivity contribution in [3.63, 3.8) is 0 Å². The lowest BCUT2D eigenvalue weighted by molar-refractivity contribution is -0.138. The third-order valence-electron chi connectivity index (χ3n) is 3.93. The first kappa shape index (κ1) is 24.3. The second-order valence-corrected chi connectivity index (χ2v) is 8.99. The molecule has 0 aromatic heterocycles. The Kier molecular flexibility index (Phi) is 8.49. The minimum atomic E-state index is -3.51. The van der Waals surface area contributed by atoms with Gasteiger partial charge in [0.05, 0.1) is 12.8 Å². The zero-order valence-electron chi connectivity index (χ0n) is 16.6. The average Bonchev–Trinajstić information content (AvgIpc) is 2.65. The summed E-state index contributed by atoms with van der Waals surface area (Å²) >= 11 is 6.02. The quantitative estimate of drug-likeness (QED) is 0.420. The fraction of sp³-hybridized carbons (Fsp3) is 0.190. The molecule has 0 spiro atoms. The fourth-order valence-electron chi connectivity index (χ4n) is 2.65. The van der Waals surface area contributed by atoms with Crippen molar-refractivity contribution in [2.45, 2.75) is 19.3 Å². The lowest BCUT2D eigenvalue weighted by Gasteiger charge is -2.10. The molecule has 0 heterocycles. The Morgan fingerprint density at radius 2 is 1.71 bits per heavy atom. The van der Waals surface area contributed by atoms with Gasteiger partial charge < -0.3 is 10.4 Å². The second kappa shape index (κ2) is 10.9. The van der Waals surface area contributed by atoms with Crippen LogP contribution in [-0.2, 0) is 29.0 Å². The highest BCUT2D eigenvalue weighted by molar-refractivity contribution is 7.95. The Labute approximate surface area is 185 Å². The third-order valence-corrected chi connectivity index (χ3v) is 4.77. The van der Waals surface area contributed by atoms with E-state index < -0.39 is 28.2 Å². The van der Waals surface area contributed by atoms with E-state index in [-0.39, 0.29) is 25.0 Å². The number of hydrogen-bond acceptors (Lipinski definition) is 4. The van der Waals surface area contributed by atoms with E-state index in [2.05, 4.69) is 5.32 Å². The molecule has 8 nitrogen and oxygen atoms in total. The number of aliphatic carboxylic acids is 1. The van der Waals surface area contributed by atoms with Crippen molar-refractivity contribution >= 4 is 45.9 Å². The van der Waals surface area contributed by atoms with Gasteiger partial charge in [-0.25, -0.2) is 0 Å². The van der Waals surface area contributed by atoms with Crippen molar-refractivity contribution in [3.8, 4) is 11.1 Å². The van der Waals surface area contributed by atoms with Gasteiger partial charge in [0.15, 0.2) is 6.26 Å².